The van der Waals surface area contributed by atoms with Crippen molar-refractivity contribution >= 4 is 5.69 Å². The van der Waals surface area contributed by atoms with E-state index >= 15 is 0 Å². The molecule has 0 bridgehead atoms. The standard InChI is InChI=1S/C19H21N3O/c1-15(17-8-10-19(23-2)11-9-17)21-18-12-20-22(14-18)13-16-6-4-3-5-7-16/h3-12,14-15,21H,13H2,1-2H3. The first kappa shape index (κ1) is 15.2. The summed E-state index contributed by atoms with van der Waals surface area (Å²) in [6.45, 7) is 2.91. The van der Waals surface area contributed by atoms with Crippen molar-refractivity contribution in [1.82, 2.24) is 9.78 Å². The molecular weight excluding hydrogens is 286 g/mol. The van der Waals surface area contributed by atoms with Gasteiger partial charge in [0.1, 0.15) is 5.75 Å². The highest BCUT2D eigenvalue weighted by molar-refractivity contribution is 5.42. The van der Waals surface area contributed by atoms with E-state index in [1.165, 1.54) is 11.1 Å². The van der Waals surface area contributed by atoms with Crippen molar-refractivity contribution in [2.75, 3.05) is 12.4 Å². The van der Waals surface area contributed by atoms with Crippen molar-refractivity contribution in [3.8, 4) is 5.75 Å². The molecule has 23 heavy (non-hydrogen) atoms. The van der Waals surface area contributed by atoms with Gasteiger partial charge < -0.3 is 10.1 Å². The molecule has 1 N–H and O–H groups in total. The summed E-state index contributed by atoms with van der Waals surface area (Å²) in [5.41, 5.74) is 3.47. The van der Waals surface area contributed by atoms with Gasteiger partial charge in [0.2, 0.25) is 0 Å². The van der Waals surface area contributed by atoms with E-state index in [0.717, 1.165) is 18.0 Å². The number of benzene rings is 2. The van der Waals surface area contributed by atoms with Crippen LogP contribution in [0.25, 0.3) is 0 Å². The number of anilines is 1. The van der Waals surface area contributed by atoms with E-state index in [9.17, 15) is 0 Å². The van der Waals surface area contributed by atoms with Gasteiger partial charge in [-0.25, -0.2) is 0 Å². The lowest BCUT2D eigenvalue weighted by Crippen LogP contribution is -2.06. The molecule has 1 atom stereocenters. The minimum absolute atomic E-state index is 0.204. The van der Waals surface area contributed by atoms with Gasteiger partial charge in [0, 0.05) is 12.2 Å². The lowest BCUT2D eigenvalue weighted by atomic mass is 10.1. The smallest absolute Gasteiger partial charge is 0.118 e. The molecule has 1 aromatic heterocycles. The van der Waals surface area contributed by atoms with Crippen LogP contribution in [0.1, 0.15) is 24.1 Å². The van der Waals surface area contributed by atoms with Gasteiger partial charge in [-0.05, 0) is 30.2 Å². The van der Waals surface area contributed by atoms with E-state index in [0.29, 0.717) is 0 Å². The maximum atomic E-state index is 5.19. The summed E-state index contributed by atoms with van der Waals surface area (Å²) in [7, 11) is 1.68. The lowest BCUT2D eigenvalue weighted by Gasteiger charge is -2.14. The molecular formula is C19H21N3O. The molecule has 0 aliphatic heterocycles. The van der Waals surface area contributed by atoms with E-state index in [4.69, 9.17) is 4.74 Å². The summed E-state index contributed by atoms with van der Waals surface area (Å²) < 4.78 is 7.14. The highest BCUT2D eigenvalue weighted by Gasteiger charge is 2.07. The highest BCUT2D eigenvalue weighted by Crippen LogP contribution is 2.21. The largest absolute Gasteiger partial charge is 0.497 e. The van der Waals surface area contributed by atoms with Crippen molar-refractivity contribution in [3.63, 3.8) is 0 Å². The fraction of sp³-hybridized carbons (Fsp3) is 0.211. The van der Waals surface area contributed by atoms with Gasteiger partial charge in [0.15, 0.2) is 0 Å². The van der Waals surface area contributed by atoms with Crippen LogP contribution >= 0.6 is 0 Å². The minimum Gasteiger partial charge on any atom is -0.497 e. The van der Waals surface area contributed by atoms with Crippen molar-refractivity contribution in [2.45, 2.75) is 19.5 Å². The van der Waals surface area contributed by atoms with Crippen LogP contribution in [0, 0.1) is 0 Å². The molecule has 4 nitrogen and oxygen atoms in total. The first-order valence-corrected chi connectivity index (χ1v) is 7.71. The van der Waals surface area contributed by atoms with Gasteiger partial charge in [-0.1, -0.05) is 42.5 Å². The van der Waals surface area contributed by atoms with E-state index in [1.54, 1.807) is 7.11 Å². The summed E-state index contributed by atoms with van der Waals surface area (Å²) in [5, 5.41) is 7.90. The van der Waals surface area contributed by atoms with E-state index < -0.39 is 0 Å². The third-order valence-electron chi connectivity index (χ3n) is 3.82. The van der Waals surface area contributed by atoms with Crippen LogP contribution in [0.3, 0.4) is 0 Å². The fourth-order valence-electron chi connectivity index (χ4n) is 2.52. The Kier molecular flexibility index (Phi) is 4.62. The average Bonchev–Trinajstić information content (AvgIpc) is 3.02. The summed E-state index contributed by atoms with van der Waals surface area (Å²) in [6, 6.07) is 18.6. The Morgan fingerprint density at radius 1 is 1.09 bits per heavy atom. The maximum Gasteiger partial charge on any atom is 0.118 e. The van der Waals surface area contributed by atoms with Gasteiger partial charge in [0.05, 0.1) is 25.5 Å². The third-order valence-corrected chi connectivity index (χ3v) is 3.82. The molecule has 4 heteroatoms. The van der Waals surface area contributed by atoms with E-state index in [2.05, 4.69) is 41.6 Å². The number of ether oxygens (including phenoxy) is 1. The molecule has 0 aliphatic rings. The second-order valence-corrected chi connectivity index (χ2v) is 5.55. The van der Waals surface area contributed by atoms with Crippen molar-refractivity contribution in [3.05, 3.63) is 78.1 Å². The number of aromatic nitrogens is 2. The van der Waals surface area contributed by atoms with Crippen LogP contribution in [-0.2, 0) is 6.54 Å². The highest BCUT2D eigenvalue weighted by atomic mass is 16.5. The molecule has 1 unspecified atom stereocenters. The summed E-state index contributed by atoms with van der Waals surface area (Å²) in [4.78, 5) is 0. The van der Waals surface area contributed by atoms with E-state index in [1.807, 2.05) is 47.4 Å². The van der Waals surface area contributed by atoms with Crippen LogP contribution in [0.4, 0.5) is 5.69 Å². The Bertz CT molecular complexity index is 735. The third kappa shape index (κ3) is 3.92. The van der Waals surface area contributed by atoms with Gasteiger partial charge in [-0.2, -0.15) is 5.10 Å². The fourth-order valence-corrected chi connectivity index (χ4v) is 2.52. The second kappa shape index (κ2) is 7.01. The maximum absolute atomic E-state index is 5.19. The Morgan fingerprint density at radius 2 is 1.83 bits per heavy atom. The number of methoxy groups -OCH3 is 1. The molecule has 0 aliphatic carbocycles. The second-order valence-electron chi connectivity index (χ2n) is 5.55. The molecule has 0 radical (unpaired) electrons. The van der Waals surface area contributed by atoms with Crippen LogP contribution in [0.2, 0.25) is 0 Å². The van der Waals surface area contributed by atoms with E-state index in [-0.39, 0.29) is 6.04 Å². The molecule has 0 amide bonds. The van der Waals surface area contributed by atoms with Crippen LogP contribution in [0.15, 0.2) is 67.0 Å². The van der Waals surface area contributed by atoms with Crippen molar-refractivity contribution < 1.29 is 4.74 Å². The van der Waals surface area contributed by atoms with Gasteiger partial charge in [-0.3, -0.25) is 4.68 Å². The summed E-state index contributed by atoms with van der Waals surface area (Å²) >= 11 is 0. The summed E-state index contributed by atoms with van der Waals surface area (Å²) in [6.07, 6.45) is 3.90. The van der Waals surface area contributed by atoms with Crippen molar-refractivity contribution in [2.24, 2.45) is 0 Å². The Hall–Kier alpha value is -2.75. The molecule has 118 valence electrons. The molecule has 0 saturated carbocycles. The lowest BCUT2D eigenvalue weighted by molar-refractivity contribution is 0.414. The van der Waals surface area contributed by atoms with Crippen LogP contribution < -0.4 is 10.1 Å². The monoisotopic (exact) mass is 307 g/mol. The molecule has 3 aromatic rings. The minimum atomic E-state index is 0.204. The zero-order chi connectivity index (χ0) is 16.1. The predicted octanol–water partition coefficient (Wildman–Crippen LogP) is 4.11. The van der Waals surface area contributed by atoms with Gasteiger partial charge in [-0.15, -0.1) is 0 Å². The average molecular weight is 307 g/mol. The van der Waals surface area contributed by atoms with Crippen molar-refractivity contribution in [1.29, 1.82) is 0 Å². The molecule has 0 fully saturated rings. The molecule has 3 rings (SSSR count). The number of hydrogen-bond acceptors (Lipinski definition) is 3. The number of nitrogens with one attached hydrogen (secondary N) is 1. The number of rotatable bonds is 6. The Labute approximate surface area is 136 Å². The topological polar surface area (TPSA) is 39.1 Å². The SMILES string of the molecule is COc1ccc(C(C)Nc2cnn(Cc3ccccc3)c2)cc1. The van der Waals surface area contributed by atoms with Gasteiger partial charge >= 0.3 is 0 Å². The predicted molar refractivity (Wildman–Crippen MR) is 92.8 cm³/mol. The molecule has 0 saturated heterocycles. The van der Waals surface area contributed by atoms with Crippen LogP contribution in [0.5, 0.6) is 5.75 Å². The summed E-state index contributed by atoms with van der Waals surface area (Å²) in [5.74, 6) is 0.872. The Morgan fingerprint density at radius 3 is 2.52 bits per heavy atom. The normalized spacial score (nSPS) is 11.9. The first-order valence-electron chi connectivity index (χ1n) is 7.71. The molecule has 1 heterocycles. The number of hydrogen-bond donors (Lipinski definition) is 1. The molecule has 0 spiro atoms. The zero-order valence-electron chi connectivity index (χ0n) is 13.4. The van der Waals surface area contributed by atoms with Crippen LogP contribution in [-0.4, -0.2) is 16.9 Å². The first-order chi connectivity index (χ1) is 11.2. The quantitative estimate of drug-likeness (QED) is 0.745. The molecule has 2 aromatic carbocycles. The number of nitrogens with zero attached hydrogens (tertiary/aromatic N) is 2. The van der Waals surface area contributed by atoms with Gasteiger partial charge in [0.25, 0.3) is 0 Å². The zero-order valence-corrected chi connectivity index (χ0v) is 13.4. The Balaban J connectivity index is 1.63.